The second kappa shape index (κ2) is 7.57. The Hall–Kier alpha value is -4.19. The van der Waals surface area contributed by atoms with Crippen LogP contribution in [0.2, 0.25) is 0 Å². The number of aliphatic imine (C=N–C) groups is 1. The Balaban J connectivity index is 1.56. The molecule has 1 atom stereocenters. The van der Waals surface area contributed by atoms with Crippen LogP contribution in [0.4, 0.5) is 5.69 Å². The van der Waals surface area contributed by atoms with Gasteiger partial charge in [-0.2, -0.15) is 0 Å². The van der Waals surface area contributed by atoms with Crippen LogP contribution in [-0.2, 0) is 4.79 Å². The molecule has 0 saturated carbocycles. The first-order valence-corrected chi connectivity index (χ1v) is 10.0. The highest BCUT2D eigenvalue weighted by atomic mass is 16.2. The highest BCUT2D eigenvalue weighted by Crippen LogP contribution is 2.27. The maximum Gasteiger partial charge on any atom is 0.272 e. The molecule has 0 bridgehead atoms. The lowest BCUT2D eigenvalue weighted by Gasteiger charge is -2.20. The molecule has 0 spiro atoms. The molecule has 2 amide bonds. The van der Waals surface area contributed by atoms with Gasteiger partial charge in [-0.05, 0) is 18.2 Å². The monoisotopic (exact) mass is 408 g/mol. The molecule has 2 N–H and O–H groups in total. The first-order valence-electron chi connectivity index (χ1n) is 10.0. The second-order valence-electron chi connectivity index (χ2n) is 7.40. The van der Waals surface area contributed by atoms with Crippen LogP contribution < -0.4 is 10.2 Å². The standard InChI is InChI=1S/C25H20N4O2/c1-29-21-14-8-6-12-18(21)22(16-9-3-2-4-10-16)27-23(25(29)31)28-24(30)20-15-17-11-5-7-13-19(17)26-20/h2-15,23,26H,1H3,(H,28,30)/t23-/m0/s1. The molecule has 0 fully saturated rings. The van der Waals surface area contributed by atoms with E-state index in [0.717, 1.165) is 27.7 Å². The zero-order valence-corrected chi connectivity index (χ0v) is 16.9. The molecule has 1 aromatic heterocycles. The summed E-state index contributed by atoms with van der Waals surface area (Å²) in [6.45, 7) is 0. The van der Waals surface area contributed by atoms with Gasteiger partial charge in [0.2, 0.25) is 6.17 Å². The van der Waals surface area contributed by atoms with Crippen LogP contribution in [0.1, 0.15) is 21.6 Å². The van der Waals surface area contributed by atoms with Crippen LogP contribution in [0.25, 0.3) is 10.9 Å². The minimum Gasteiger partial charge on any atom is -0.351 e. The average Bonchev–Trinajstić information content (AvgIpc) is 3.22. The molecule has 2 heterocycles. The number of para-hydroxylation sites is 2. The molecule has 0 saturated heterocycles. The fourth-order valence-electron chi connectivity index (χ4n) is 3.84. The summed E-state index contributed by atoms with van der Waals surface area (Å²) in [5.41, 5.74) is 4.37. The van der Waals surface area contributed by atoms with Gasteiger partial charge in [0.1, 0.15) is 5.69 Å². The number of nitrogens with zero attached hydrogens (tertiary/aromatic N) is 2. The molecule has 6 nitrogen and oxygen atoms in total. The second-order valence-corrected chi connectivity index (χ2v) is 7.40. The maximum absolute atomic E-state index is 13.2. The Bertz CT molecular complexity index is 1290. The molecule has 1 aliphatic heterocycles. The van der Waals surface area contributed by atoms with Crippen LogP contribution in [0, 0.1) is 0 Å². The van der Waals surface area contributed by atoms with Gasteiger partial charge < -0.3 is 15.2 Å². The van der Waals surface area contributed by atoms with E-state index in [-0.39, 0.29) is 11.8 Å². The normalized spacial score (nSPS) is 15.9. The summed E-state index contributed by atoms with van der Waals surface area (Å²) in [6, 6.07) is 26.7. The molecule has 152 valence electrons. The highest BCUT2D eigenvalue weighted by Gasteiger charge is 2.31. The van der Waals surface area contributed by atoms with Gasteiger partial charge >= 0.3 is 0 Å². The Morgan fingerprint density at radius 3 is 2.48 bits per heavy atom. The number of rotatable bonds is 3. The van der Waals surface area contributed by atoms with E-state index in [1.807, 2.05) is 78.9 Å². The number of nitrogens with one attached hydrogen (secondary N) is 2. The third kappa shape index (κ3) is 3.38. The Kier molecular flexibility index (Phi) is 4.59. The third-order valence-corrected chi connectivity index (χ3v) is 5.43. The number of benzodiazepines with no additional fused rings is 1. The number of fused-ring (bicyclic) bond motifs is 2. The van der Waals surface area contributed by atoms with Gasteiger partial charge in [-0.25, -0.2) is 4.99 Å². The minimum absolute atomic E-state index is 0.303. The summed E-state index contributed by atoms with van der Waals surface area (Å²) >= 11 is 0. The van der Waals surface area contributed by atoms with E-state index in [1.165, 1.54) is 0 Å². The molecule has 3 aromatic carbocycles. The van der Waals surface area contributed by atoms with Crippen molar-refractivity contribution in [2.24, 2.45) is 4.99 Å². The first-order chi connectivity index (χ1) is 15.1. The van der Waals surface area contributed by atoms with Crippen molar-refractivity contribution in [2.45, 2.75) is 6.17 Å². The third-order valence-electron chi connectivity index (χ3n) is 5.43. The van der Waals surface area contributed by atoms with Crippen molar-refractivity contribution in [3.63, 3.8) is 0 Å². The number of aromatic nitrogens is 1. The van der Waals surface area contributed by atoms with E-state index in [4.69, 9.17) is 4.99 Å². The zero-order valence-electron chi connectivity index (χ0n) is 16.9. The van der Waals surface area contributed by atoms with Gasteiger partial charge in [0, 0.05) is 29.1 Å². The maximum atomic E-state index is 13.2. The predicted molar refractivity (Wildman–Crippen MR) is 121 cm³/mol. The van der Waals surface area contributed by atoms with Gasteiger partial charge in [0.05, 0.1) is 11.4 Å². The van der Waals surface area contributed by atoms with Crippen molar-refractivity contribution in [3.05, 3.63) is 102 Å². The molecule has 4 aromatic rings. The fourth-order valence-corrected chi connectivity index (χ4v) is 3.84. The number of hydrogen-bond donors (Lipinski definition) is 2. The molecular weight excluding hydrogens is 388 g/mol. The SMILES string of the molecule is CN1C(=O)[C@H](NC(=O)c2cc3ccccc3[nH]2)N=C(c2ccccc2)c2ccccc21. The van der Waals surface area contributed by atoms with Crippen molar-refractivity contribution < 1.29 is 9.59 Å². The highest BCUT2D eigenvalue weighted by molar-refractivity contribution is 6.20. The number of hydrogen-bond acceptors (Lipinski definition) is 3. The van der Waals surface area contributed by atoms with Crippen LogP contribution in [0.5, 0.6) is 0 Å². The fraction of sp³-hybridized carbons (Fsp3) is 0.0800. The number of carbonyl (C=O) groups excluding carboxylic acids is 2. The van der Waals surface area contributed by atoms with Gasteiger partial charge in [0.25, 0.3) is 11.8 Å². The largest absolute Gasteiger partial charge is 0.351 e. The average molecular weight is 408 g/mol. The molecule has 5 rings (SSSR count). The Morgan fingerprint density at radius 1 is 0.968 bits per heavy atom. The number of aromatic amines is 1. The summed E-state index contributed by atoms with van der Waals surface area (Å²) in [5.74, 6) is -0.687. The Labute approximate surface area is 179 Å². The van der Waals surface area contributed by atoms with E-state index in [9.17, 15) is 9.59 Å². The lowest BCUT2D eigenvalue weighted by molar-refractivity contribution is -0.119. The number of carbonyl (C=O) groups is 2. The van der Waals surface area contributed by atoms with E-state index in [2.05, 4.69) is 10.3 Å². The van der Waals surface area contributed by atoms with E-state index in [0.29, 0.717) is 11.4 Å². The van der Waals surface area contributed by atoms with Crippen molar-refractivity contribution in [2.75, 3.05) is 11.9 Å². The van der Waals surface area contributed by atoms with Gasteiger partial charge in [0.15, 0.2) is 0 Å². The van der Waals surface area contributed by atoms with E-state index in [1.54, 1.807) is 18.0 Å². The number of H-pyrrole nitrogens is 1. The number of likely N-dealkylation sites (N-methyl/N-ethyl adjacent to an activating group) is 1. The van der Waals surface area contributed by atoms with Crippen molar-refractivity contribution >= 4 is 34.1 Å². The number of anilines is 1. The summed E-state index contributed by atoms with van der Waals surface area (Å²) in [7, 11) is 1.70. The molecular formula is C25H20N4O2. The van der Waals surface area contributed by atoms with Gasteiger partial charge in [-0.1, -0.05) is 66.7 Å². The molecule has 31 heavy (non-hydrogen) atoms. The minimum atomic E-state index is -1.05. The summed E-state index contributed by atoms with van der Waals surface area (Å²) in [4.78, 5) is 35.6. The topological polar surface area (TPSA) is 77.6 Å². The summed E-state index contributed by atoms with van der Waals surface area (Å²) in [6.07, 6.45) is -1.05. The zero-order chi connectivity index (χ0) is 21.4. The van der Waals surface area contributed by atoms with Crippen molar-refractivity contribution in [1.29, 1.82) is 0 Å². The quantitative estimate of drug-likeness (QED) is 0.542. The van der Waals surface area contributed by atoms with Crippen LogP contribution >= 0.6 is 0 Å². The van der Waals surface area contributed by atoms with Crippen LogP contribution in [0.15, 0.2) is 89.9 Å². The lowest BCUT2D eigenvalue weighted by Crippen LogP contribution is -2.46. The molecule has 0 aliphatic carbocycles. The lowest BCUT2D eigenvalue weighted by atomic mass is 10.0. The Morgan fingerprint density at radius 2 is 1.68 bits per heavy atom. The van der Waals surface area contributed by atoms with Crippen LogP contribution in [0.3, 0.4) is 0 Å². The van der Waals surface area contributed by atoms with Gasteiger partial charge in [-0.3, -0.25) is 9.59 Å². The van der Waals surface area contributed by atoms with Gasteiger partial charge in [-0.15, -0.1) is 0 Å². The predicted octanol–water partition coefficient (Wildman–Crippen LogP) is 3.74. The van der Waals surface area contributed by atoms with Crippen molar-refractivity contribution in [1.82, 2.24) is 10.3 Å². The molecule has 0 radical (unpaired) electrons. The van der Waals surface area contributed by atoms with Crippen molar-refractivity contribution in [3.8, 4) is 0 Å². The molecule has 0 unspecified atom stereocenters. The van der Waals surface area contributed by atoms with Crippen LogP contribution in [-0.4, -0.2) is 35.7 Å². The smallest absolute Gasteiger partial charge is 0.272 e. The summed E-state index contributed by atoms with van der Waals surface area (Å²) in [5, 5.41) is 3.73. The number of benzene rings is 3. The van der Waals surface area contributed by atoms with E-state index < -0.39 is 6.17 Å². The summed E-state index contributed by atoms with van der Waals surface area (Å²) < 4.78 is 0. The van der Waals surface area contributed by atoms with E-state index >= 15 is 0 Å². The number of amides is 2. The molecule has 6 heteroatoms. The first kappa shape index (κ1) is 18.8. The molecule has 1 aliphatic rings.